The number of aryl methyl sites for hydroxylation is 1. The molecular formula is C18H18N4O2S. The van der Waals surface area contributed by atoms with E-state index in [1.165, 1.54) is 11.8 Å². The lowest BCUT2D eigenvalue weighted by Crippen LogP contribution is -2.22. The van der Waals surface area contributed by atoms with E-state index < -0.39 is 0 Å². The van der Waals surface area contributed by atoms with Crippen molar-refractivity contribution in [1.29, 1.82) is 0 Å². The number of amides is 1. The lowest BCUT2D eigenvalue weighted by atomic mass is 10.2. The highest BCUT2D eigenvalue weighted by atomic mass is 32.2. The highest BCUT2D eigenvalue weighted by Gasteiger charge is 2.15. The Kier molecular flexibility index (Phi) is 5.35. The van der Waals surface area contributed by atoms with Gasteiger partial charge in [-0.1, -0.05) is 42.1 Å². The summed E-state index contributed by atoms with van der Waals surface area (Å²) in [6, 6.07) is 17.2. The molecule has 0 aliphatic carbocycles. The summed E-state index contributed by atoms with van der Waals surface area (Å²) < 4.78 is 7.33. The van der Waals surface area contributed by atoms with E-state index in [9.17, 15) is 4.79 Å². The zero-order valence-electron chi connectivity index (χ0n) is 14.0. The van der Waals surface area contributed by atoms with Gasteiger partial charge in [-0.3, -0.25) is 14.7 Å². The quantitative estimate of drug-likeness (QED) is 0.688. The molecule has 0 bridgehead atoms. The minimum absolute atomic E-state index is 0.0975. The molecule has 1 heterocycles. The van der Waals surface area contributed by atoms with Gasteiger partial charge < -0.3 is 4.74 Å². The SMILES string of the molecule is CSc1nnc(NC(=O)COc2cccc(C)c2)n1-c1ccccc1. The normalized spacial score (nSPS) is 10.5. The number of carbonyl (C=O) groups excluding carboxylic acids is 1. The molecule has 0 saturated heterocycles. The first-order valence-corrected chi connectivity index (χ1v) is 8.94. The molecule has 2 aromatic carbocycles. The van der Waals surface area contributed by atoms with Crippen LogP contribution in [-0.2, 0) is 4.79 Å². The zero-order chi connectivity index (χ0) is 17.6. The van der Waals surface area contributed by atoms with Gasteiger partial charge in [-0.05, 0) is 43.0 Å². The van der Waals surface area contributed by atoms with Gasteiger partial charge in [0, 0.05) is 0 Å². The highest BCUT2D eigenvalue weighted by molar-refractivity contribution is 7.98. The highest BCUT2D eigenvalue weighted by Crippen LogP contribution is 2.22. The van der Waals surface area contributed by atoms with E-state index in [0.29, 0.717) is 16.9 Å². The summed E-state index contributed by atoms with van der Waals surface area (Å²) >= 11 is 1.46. The van der Waals surface area contributed by atoms with Crippen LogP contribution in [0.3, 0.4) is 0 Å². The molecule has 0 aliphatic heterocycles. The fraction of sp³-hybridized carbons (Fsp3) is 0.167. The lowest BCUT2D eigenvalue weighted by Gasteiger charge is -2.10. The predicted molar refractivity (Wildman–Crippen MR) is 98.4 cm³/mol. The van der Waals surface area contributed by atoms with Gasteiger partial charge in [-0.2, -0.15) is 0 Å². The molecule has 7 heteroatoms. The Bertz CT molecular complexity index is 865. The molecule has 1 aromatic heterocycles. The molecule has 128 valence electrons. The molecule has 1 N–H and O–H groups in total. The fourth-order valence-corrected chi connectivity index (χ4v) is 2.80. The van der Waals surface area contributed by atoms with Gasteiger partial charge in [0.05, 0.1) is 5.69 Å². The van der Waals surface area contributed by atoms with Gasteiger partial charge >= 0.3 is 0 Å². The largest absolute Gasteiger partial charge is 0.484 e. The first kappa shape index (κ1) is 17.0. The number of anilines is 1. The predicted octanol–water partition coefficient (Wildman–Crippen LogP) is 3.32. The van der Waals surface area contributed by atoms with Crippen molar-refractivity contribution in [3.05, 3.63) is 60.2 Å². The second-order valence-corrected chi connectivity index (χ2v) is 6.11. The molecule has 0 fully saturated rings. The van der Waals surface area contributed by atoms with Crippen molar-refractivity contribution < 1.29 is 9.53 Å². The van der Waals surface area contributed by atoms with Crippen LogP contribution in [0.5, 0.6) is 5.75 Å². The van der Waals surface area contributed by atoms with Crippen molar-refractivity contribution >= 4 is 23.6 Å². The van der Waals surface area contributed by atoms with E-state index in [-0.39, 0.29) is 12.5 Å². The van der Waals surface area contributed by atoms with Gasteiger partial charge in [-0.15, -0.1) is 10.2 Å². The third-order valence-electron chi connectivity index (χ3n) is 3.44. The monoisotopic (exact) mass is 354 g/mol. The van der Waals surface area contributed by atoms with E-state index in [4.69, 9.17) is 4.74 Å². The maximum absolute atomic E-state index is 12.2. The van der Waals surface area contributed by atoms with Crippen molar-refractivity contribution in [1.82, 2.24) is 14.8 Å². The molecule has 0 radical (unpaired) electrons. The fourth-order valence-electron chi connectivity index (χ4n) is 2.31. The van der Waals surface area contributed by atoms with Crippen LogP contribution in [0.4, 0.5) is 5.95 Å². The molecule has 0 spiro atoms. The van der Waals surface area contributed by atoms with Crippen molar-refractivity contribution in [2.75, 3.05) is 18.2 Å². The average Bonchev–Trinajstić information content (AvgIpc) is 3.03. The summed E-state index contributed by atoms with van der Waals surface area (Å²) in [4.78, 5) is 12.2. The van der Waals surface area contributed by atoms with Crippen LogP contribution < -0.4 is 10.1 Å². The molecular weight excluding hydrogens is 336 g/mol. The lowest BCUT2D eigenvalue weighted by molar-refractivity contribution is -0.118. The topological polar surface area (TPSA) is 69.0 Å². The number of aromatic nitrogens is 3. The standard InChI is InChI=1S/C18H18N4O2S/c1-13-7-6-10-15(11-13)24-12-16(23)19-17-20-21-18(25-2)22(17)14-8-4-3-5-9-14/h3-11H,12H2,1-2H3,(H,19,20,23). The Labute approximate surface area is 150 Å². The van der Waals surface area contributed by atoms with Gasteiger partial charge in [0.1, 0.15) is 5.75 Å². The second kappa shape index (κ2) is 7.85. The van der Waals surface area contributed by atoms with Crippen LogP contribution in [0.25, 0.3) is 5.69 Å². The summed E-state index contributed by atoms with van der Waals surface area (Å²) in [7, 11) is 0. The number of rotatable bonds is 6. The van der Waals surface area contributed by atoms with E-state index in [2.05, 4.69) is 15.5 Å². The summed E-state index contributed by atoms with van der Waals surface area (Å²) in [6.45, 7) is 1.87. The van der Waals surface area contributed by atoms with E-state index >= 15 is 0 Å². The molecule has 3 rings (SSSR count). The van der Waals surface area contributed by atoms with Crippen LogP contribution in [0.2, 0.25) is 0 Å². The van der Waals surface area contributed by atoms with Crippen LogP contribution in [-0.4, -0.2) is 33.5 Å². The first-order chi connectivity index (χ1) is 12.2. The molecule has 25 heavy (non-hydrogen) atoms. The van der Waals surface area contributed by atoms with Gasteiger partial charge in [0.15, 0.2) is 11.8 Å². The van der Waals surface area contributed by atoms with Crippen molar-refractivity contribution in [3.8, 4) is 11.4 Å². The van der Waals surface area contributed by atoms with Gasteiger partial charge in [0.2, 0.25) is 5.95 Å². The Morgan fingerprint density at radius 3 is 2.68 bits per heavy atom. The maximum atomic E-state index is 12.2. The first-order valence-electron chi connectivity index (χ1n) is 7.71. The van der Waals surface area contributed by atoms with Crippen molar-refractivity contribution in [2.24, 2.45) is 0 Å². The second-order valence-electron chi connectivity index (χ2n) is 5.33. The number of benzene rings is 2. The third kappa shape index (κ3) is 4.19. The Balaban J connectivity index is 1.72. The number of thioether (sulfide) groups is 1. The summed E-state index contributed by atoms with van der Waals surface area (Å²) in [6.07, 6.45) is 1.91. The zero-order valence-corrected chi connectivity index (χ0v) is 14.8. The van der Waals surface area contributed by atoms with Gasteiger partial charge in [-0.25, -0.2) is 0 Å². The van der Waals surface area contributed by atoms with Crippen molar-refractivity contribution in [2.45, 2.75) is 12.1 Å². The number of carbonyl (C=O) groups is 1. The minimum atomic E-state index is -0.293. The van der Waals surface area contributed by atoms with E-state index in [0.717, 1.165) is 11.3 Å². The summed E-state index contributed by atoms with van der Waals surface area (Å²) in [5.41, 5.74) is 1.96. The van der Waals surface area contributed by atoms with Crippen molar-refractivity contribution in [3.63, 3.8) is 0 Å². The number of para-hydroxylation sites is 1. The molecule has 0 aliphatic rings. The molecule has 0 unspecified atom stereocenters. The van der Waals surface area contributed by atoms with E-state index in [1.807, 2.05) is 67.8 Å². The van der Waals surface area contributed by atoms with E-state index in [1.54, 1.807) is 4.57 Å². The molecule has 0 saturated carbocycles. The summed E-state index contributed by atoms with van der Waals surface area (Å²) in [5, 5.41) is 11.6. The number of ether oxygens (including phenoxy) is 1. The van der Waals surface area contributed by atoms with Crippen LogP contribution in [0.15, 0.2) is 59.8 Å². The Morgan fingerprint density at radius 1 is 1.16 bits per heavy atom. The van der Waals surface area contributed by atoms with Crippen LogP contribution in [0.1, 0.15) is 5.56 Å². The average molecular weight is 354 g/mol. The minimum Gasteiger partial charge on any atom is -0.484 e. The molecule has 0 atom stereocenters. The molecule has 1 amide bonds. The molecule has 3 aromatic rings. The number of nitrogens with zero attached hydrogens (tertiary/aromatic N) is 3. The number of hydrogen-bond donors (Lipinski definition) is 1. The van der Waals surface area contributed by atoms with Crippen LogP contribution >= 0.6 is 11.8 Å². The number of nitrogens with one attached hydrogen (secondary N) is 1. The summed E-state index contributed by atoms with van der Waals surface area (Å²) in [5.74, 6) is 0.733. The Hall–Kier alpha value is -2.80. The molecule has 6 nitrogen and oxygen atoms in total. The Morgan fingerprint density at radius 2 is 1.96 bits per heavy atom. The third-order valence-corrected chi connectivity index (χ3v) is 4.07. The van der Waals surface area contributed by atoms with Crippen LogP contribution in [0, 0.1) is 6.92 Å². The van der Waals surface area contributed by atoms with Gasteiger partial charge in [0.25, 0.3) is 5.91 Å². The number of hydrogen-bond acceptors (Lipinski definition) is 5. The smallest absolute Gasteiger partial charge is 0.264 e. The maximum Gasteiger partial charge on any atom is 0.264 e.